The fourth-order valence-electron chi connectivity index (χ4n) is 2.00. The Kier molecular flexibility index (Phi) is 7.03. The Bertz CT molecular complexity index is 385. The van der Waals surface area contributed by atoms with Gasteiger partial charge in [-0.2, -0.15) is 0 Å². The molecule has 20 heavy (non-hydrogen) atoms. The van der Waals surface area contributed by atoms with Crippen molar-refractivity contribution < 1.29 is 9.47 Å². The highest BCUT2D eigenvalue weighted by Gasteiger charge is 2.24. The summed E-state index contributed by atoms with van der Waals surface area (Å²) in [6, 6.07) is 8.44. The van der Waals surface area contributed by atoms with Gasteiger partial charge in [-0.3, -0.25) is 0 Å². The molecule has 0 spiro atoms. The molecular weight excluding hydrogens is 250 g/mol. The molecule has 1 N–H and O–H groups in total. The van der Waals surface area contributed by atoms with Crippen LogP contribution in [-0.2, 0) is 11.3 Å². The molecule has 0 saturated carbocycles. The number of nitrogens with one attached hydrogen (secondary N) is 1. The molecule has 0 radical (unpaired) electrons. The van der Waals surface area contributed by atoms with E-state index in [1.165, 1.54) is 0 Å². The molecule has 1 unspecified atom stereocenters. The molecule has 0 saturated heterocycles. The largest absolute Gasteiger partial charge is 0.492 e. The minimum absolute atomic E-state index is 0.180. The maximum absolute atomic E-state index is 5.96. The summed E-state index contributed by atoms with van der Waals surface area (Å²) in [6.45, 7) is 11.2. The third-order valence-electron chi connectivity index (χ3n) is 3.31. The van der Waals surface area contributed by atoms with E-state index in [-0.39, 0.29) is 5.41 Å². The van der Waals surface area contributed by atoms with Gasteiger partial charge in [-0.25, -0.2) is 0 Å². The van der Waals surface area contributed by atoms with Crippen molar-refractivity contribution in [1.29, 1.82) is 0 Å². The highest BCUT2D eigenvalue weighted by Crippen LogP contribution is 2.21. The molecule has 1 aromatic carbocycles. The molecule has 0 fully saturated rings. The van der Waals surface area contributed by atoms with E-state index in [4.69, 9.17) is 9.47 Å². The maximum atomic E-state index is 5.96. The molecule has 3 nitrogen and oxygen atoms in total. The average molecular weight is 279 g/mol. The van der Waals surface area contributed by atoms with E-state index in [9.17, 15) is 0 Å². The molecule has 0 aliphatic heterocycles. The van der Waals surface area contributed by atoms with Crippen molar-refractivity contribution >= 4 is 0 Å². The van der Waals surface area contributed by atoms with Gasteiger partial charge in [0.05, 0.1) is 6.61 Å². The lowest BCUT2D eigenvalue weighted by molar-refractivity contribution is 0.172. The molecule has 0 heterocycles. The second kappa shape index (κ2) is 8.28. The first-order chi connectivity index (χ1) is 9.47. The summed E-state index contributed by atoms with van der Waals surface area (Å²) in [5.74, 6) is 0.909. The van der Waals surface area contributed by atoms with Crippen molar-refractivity contribution in [2.75, 3.05) is 20.3 Å². The van der Waals surface area contributed by atoms with Gasteiger partial charge in [0.15, 0.2) is 0 Å². The summed E-state index contributed by atoms with van der Waals surface area (Å²) >= 11 is 0. The van der Waals surface area contributed by atoms with Crippen LogP contribution < -0.4 is 10.1 Å². The van der Waals surface area contributed by atoms with Crippen LogP contribution in [0.5, 0.6) is 5.75 Å². The molecular formula is C17H29NO2. The van der Waals surface area contributed by atoms with E-state index in [0.717, 1.165) is 24.3 Å². The normalized spacial score (nSPS) is 13.2. The van der Waals surface area contributed by atoms with Crippen LogP contribution in [0.15, 0.2) is 24.3 Å². The number of benzene rings is 1. The van der Waals surface area contributed by atoms with Gasteiger partial charge in [0.1, 0.15) is 12.4 Å². The Hall–Kier alpha value is -1.06. The summed E-state index contributed by atoms with van der Waals surface area (Å²) in [6.07, 6.45) is 1.13. The van der Waals surface area contributed by atoms with Gasteiger partial charge in [0.2, 0.25) is 0 Å². The predicted molar refractivity (Wildman–Crippen MR) is 84.2 cm³/mol. The Morgan fingerprint density at radius 2 is 2.00 bits per heavy atom. The van der Waals surface area contributed by atoms with E-state index in [1.54, 1.807) is 7.11 Å². The van der Waals surface area contributed by atoms with Crippen LogP contribution >= 0.6 is 0 Å². The molecule has 114 valence electrons. The van der Waals surface area contributed by atoms with Crippen LogP contribution in [0.4, 0.5) is 0 Å². The number of hydrogen-bond acceptors (Lipinski definition) is 3. The maximum Gasteiger partial charge on any atom is 0.119 e. The molecule has 0 aliphatic rings. The molecule has 1 aromatic rings. The third kappa shape index (κ3) is 5.93. The SMILES string of the molecule is CCCNC(COc1cccc(COC)c1)C(C)(C)C. The number of methoxy groups -OCH3 is 1. The van der Waals surface area contributed by atoms with E-state index in [2.05, 4.69) is 33.0 Å². The van der Waals surface area contributed by atoms with Crippen LogP contribution in [0.2, 0.25) is 0 Å². The van der Waals surface area contributed by atoms with E-state index in [0.29, 0.717) is 19.3 Å². The molecule has 0 aliphatic carbocycles. The molecule has 1 rings (SSSR count). The van der Waals surface area contributed by atoms with Crippen molar-refractivity contribution in [3.8, 4) is 5.75 Å². The lowest BCUT2D eigenvalue weighted by Gasteiger charge is -2.31. The van der Waals surface area contributed by atoms with Crippen molar-refractivity contribution in [1.82, 2.24) is 5.32 Å². The Balaban J connectivity index is 2.60. The van der Waals surface area contributed by atoms with E-state index < -0.39 is 0 Å². The summed E-state index contributed by atoms with van der Waals surface area (Å²) in [5.41, 5.74) is 1.32. The molecule has 0 aromatic heterocycles. The fraction of sp³-hybridized carbons (Fsp3) is 0.647. The van der Waals surface area contributed by atoms with Crippen molar-refractivity contribution in [3.05, 3.63) is 29.8 Å². The monoisotopic (exact) mass is 279 g/mol. The Labute approximate surface area is 123 Å². The summed E-state index contributed by atoms with van der Waals surface area (Å²) in [7, 11) is 1.71. The summed E-state index contributed by atoms with van der Waals surface area (Å²) in [5, 5.41) is 3.57. The third-order valence-corrected chi connectivity index (χ3v) is 3.31. The van der Waals surface area contributed by atoms with Crippen molar-refractivity contribution in [2.45, 2.75) is 46.8 Å². The highest BCUT2D eigenvalue weighted by molar-refractivity contribution is 5.28. The van der Waals surface area contributed by atoms with Gasteiger partial charge in [-0.05, 0) is 36.1 Å². The first kappa shape index (κ1) is 17.0. The molecule has 0 amide bonds. The van der Waals surface area contributed by atoms with Gasteiger partial charge >= 0.3 is 0 Å². The van der Waals surface area contributed by atoms with Crippen LogP contribution in [-0.4, -0.2) is 26.3 Å². The predicted octanol–water partition coefficient (Wildman–Crippen LogP) is 3.63. The van der Waals surface area contributed by atoms with E-state index >= 15 is 0 Å². The van der Waals surface area contributed by atoms with Gasteiger partial charge in [-0.1, -0.05) is 39.8 Å². The first-order valence-electron chi connectivity index (χ1n) is 7.41. The quantitative estimate of drug-likeness (QED) is 0.788. The van der Waals surface area contributed by atoms with Crippen LogP contribution in [0, 0.1) is 5.41 Å². The molecule has 3 heteroatoms. The minimum Gasteiger partial charge on any atom is -0.492 e. The minimum atomic E-state index is 0.180. The van der Waals surface area contributed by atoms with Crippen LogP contribution in [0.25, 0.3) is 0 Å². The molecule has 1 atom stereocenters. The fourth-order valence-corrected chi connectivity index (χ4v) is 2.00. The second-order valence-electron chi connectivity index (χ2n) is 6.26. The zero-order chi connectivity index (χ0) is 15.0. The van der Waals surface area contributed by atoms with Crippen molar-refractivity contribution in [2.24, 2.45) is 5.41 Å². The van der Waals surface area contributed by atoms with Gasteiger partial charge < -0.3 is 14.8 Å². The summed E-state index contributed by atoms with van der Waals surface area (Å²) < 4.78 is 11.1. The van der Waals surface area contributed by atoms with Gasteiger partial charge in [0, 0.05) is 13.2 Å². The lowest BCUT2D eigenvalue weighted by atomic mass is 9.87. The van der Waals surface area contributed by atoms with Crippen LogP contribution in [0.3, 0.4) is 0 Å². The van der Waals surface area contributed by atoms with Gasteiger partial charge in [0.25, 0.3) is 0 Å². The smallest absolute Gasteiger partial charge is 0.119 e. The first-order valence-corrected chi connectivity index (χ1v) is 7.41. The zero-order valence-electron chi connectivity index (χ0n) is 13.5. The second-order valence-corrected chi connectivity index (χ2v) is 6.26. The standard InChI is InChI=1S/C17H29NO2/c1-6-10-18-16(17(2,3)4)13-20-15-9-7-8-14(11-15)12-19-5/h7-9,11,16,18H,6,10,12-13H2,1-5H3. The Morgan fingerprint density at radius 3 is 2.60 bits per heavy atom. The van der Waals surface area contributed by atoms with E-state index in [1.807, 2.05) is 24.3 Å². The highest BCUT2D eigenvalue weighted by atomic mass is 16.5. The average Bonchev–Trinajstić information content (AvgIpc) is 2.38. The number of rotatable bonds is 8. The topological polar surface area (TPSA) is 30.5 Å². The van der Waals surface area contributed by atoms with Gasteiger partial charge in [-0.15, -0.1) is 0 Å². The zero-order valence-corrected chi connectivity index (χ0v) is 13.5. The number of ether oxygens (including phenoxy) is 2. The van der Waals surface area contributed by atoms with Crippen LogP contribution in [0.1, 0.15) is 39.7 Å². The lowest BCUT2D eigenvalue weighted by Crippen LogP contribution is -2.45. The summed E-state index contributed by atoms with van der Waals surface area (Å²) in [4.78, 5) is 0. The molecule has 0 bridgehead atoms. The number of hydrogen-bond donors (Lipinski definition) is 1. The Morgan fingerprint density at radius 1 is 1.25 bits per heavy atom. The van der Waals surface area contributed by atoms with Crippen molar-refractivity contribution in [3.63, 3.8) is 0 Å².